The molecule has 2 aromatic carbocycles. The van der Waals surface area contributed by atoms with Crippen molar-refractivity contribution in [2.45, 2.75) is 32.6 Å². The number of halogens is 2. The van der Waals surface area contributed by atoms with Crippen LogP contribution in [-0.4, -0.2) is 26.7 Å². The lowest BCUT2D eigenvalue weighted by atomic mass is 9.92. The number of carboxylic acid groups (broad SMARTS) is 1. The van der Waals surface area contributed by atoms with Crippen molar-refractivity contribution in [1.29, 1.82) is 0 Å². The molecule has 1 heterocycles. The van der Waals surface area contributed by atoms with Gasteiger partial charge < -0.3 is 10.2 Å². The molecule has 0 saturated heterocycles. The lowest BCUT2D eigenvalue weighted by Gasteiger charge is -2.13. The van der Waals surface area contributed by atoms with Gasteiger partial charge in [-0.2, -0.15) is 0 Å². The molecule has 1 atom stereocenters. The molecule has 0 unspecified atom stereocenters. The number of aromatic hydroxyl groups is 1. The number of hydrogen-bond donors (Lipinski definition) is 2. The summed E-state index contributed by atoms with van der Waals surface area (Å²) in [7, 11) is 0. The lowest BCUT2D eigenvalue weighted by Crippen LogP contribution is -2.16. The summed E-state index contributed by atoms with van der Waals surface area (Å²) in [5.74, 6) is -2.08. The Kier molecular flexibility index (Phi) is 5.68. The Labute approximate surface area is 172 Å². The Balaban J connectivity index is 2.28. The molecule has 0 fully saturated rings. The average molecular weight is 420 g/mol. The second-order valence-corrected chi connectivity index (χ2v) is 7.46. The van der Waals surface area contributed by atoms with Gasteiger partial charge in [0.2, 0.25) is 0 Å². The molecule has 0 bridgehead atoms. The zero-order chi connectivity index (χ0) is 20.6. The first-order valence-corrected chi connectivity index (χ1v) is 9.58. The van der Waals surface area contributed by atoms with E-state index in [1.807, 2.05) is 6.92 Å². The zero-order valence-electron chi connectivity index (χ0n) is 15.4. The van der Waals surface area contributed by atoms with Gasteiger partial charge in [-0.05, 0) is 55.3 Å². The number of fused-ring (bicyclic) bond motifs is 1. The van der Waals surface area contributed by atoms with E-state index >= 15 is 0 Å². The van der Waals surface area contributed by atoms with Crippen molar-refractivity contribution < 1.29 is 19.8 Å². The normalized spacial score (nSPS) is 12.3. The highest BCUT2D eigenvalue weighted by atomic mass is 35.5. The summed E-state index contributed by atoms with van der Waals surface area (Å²) >= 11 is 12.0. The van der Waals surface area contributed by atoms with Crippen molar-refractivity contribution in [1.82, 2.24) is 4.57 Å². The third-order valence-corrected chi connectivity index (χ3v) is 5.57. The maximum Gasteiger partial charge on any atom is 0.311 e. The average Bonchev–Trinajstić information content (AvgIpc) is 2.92. The highest BCUT2D eigenvalue weighted by molar-refractivity contribution is 6.42. The number of carbonyl (C=O) groups is 2. The van der Waals surface area contributed by atoms with E-state index in [9.17, 15) is 19.8 Å². The Morgan fingerprint density at radius 1 is 1.11 bits per heavy atom. The van der Waals surface area contributed by atoms with Crippen LogP contribution in [-0.2, 0) is 4.79 Å². The Hall–Kier alpha value is -2.50. The van der Waals surface area contributed by atoms with Crippen LogP contribution >= 0.6 is 23.2 Å². The van der Waals surface area contributed by atoms with Crippen LogP contribution in [0.25, 0.3) is 10.9 Å². The van der Waals surface area contributed by atoms with E-state index in [-0.39, 0.29) is 16.7 Å². The lowest BCUT2D eigenvalue weighted by molar-refractivity contribution is -0.139. The Bertz CT molecular complexity index is 1090. The molecule has 3 rings (SSSR count). The molecule has 0 amide bonds. The summed E-state index contributed by atoms with van der Waals surface area (Å²) in [5.41, 5.74) is 1.92. The molecule has 0 radical (unpaired) electrons. The maximum atomic E-state index is 13.2. The minimum atomic E-state index is -0.964. The third-order valence-electron chi connectivity index (χ3n) is 4.83. The van der Waals surface area contributed by atoms with Gasteiger partial charge in [0.1, 0.15) is 5.75 Å². The molecule has 2 N–H and O–H groups in total. The number of benzene rings is 2. The highest BCUT2D eigenvalue weighted by Gasteiger charge is 2.29. The van der Waals surface area contributed by atoms with Gasteiger partial charge in [-0.15, -0.1) is 0 Å². The van der Waals surface area contributed by atoms with Gasteiger partial charge >= 0.3 is 5.97 Å². The van der Waals surface area contributed by atoms with Crippen LogP contribution in [0.1, 0.15) is 47.3 Å². The quantitative estimate of drug-likeness (QED) is 0.562. The number of aliphatic carboxylic acids is 1. The number of carboxylic acids is 1. The zero-order valence-corrected chi connectivity index (χ0v) is 16.9. The summed E-state index contributed by atoms with van der Waals surface area (Å²) < 4.78 is 1.47. The molecule has 3 aromatic rings. The second-order valence-electron chi connectivity index (χ2n) is 6.65. The van der Waals surface area contributed by atoms with Crippen molar-refractivity contribution in [3.8, 4) is 5.75 Å². The predicted octanol–water partition coefficient (Wildman–Crippen LogP) is 5.62. The van der Waals surface area contributed by atoms with Crippen molar-refractivity contribution in [2.75, 3.05) is 0 Å². The maximum absolute atomic E-state index is 13.2. The third kappa shape index (κ3) is 3.48. The van der Waals surface area contributed by atoms with Crippen molar-refractivity contribution >= 4 is 46.0 Å². The first-order valence-electron chi connectivity index (χ1n) is 8.82. The first-order chi connectivity index (χ1) is 13.3. The molecular formula is C21H19Cl2NO4. The number of hydrogen-bond acceptors (Lipinski definition) is 3. The highest BCUT2D eigenvalue weighted by Crippen LogP contribution is 2.37. The number of carbonyl (C=O) groups excluding carboxylic acids is 1. The molecular weight excluding hydrogens is 401 g/mol. The fraction of sp³-hybridized carbons (Fsp3) is 0.238. The molecule has 7 heteroatoms. The van der Waals surface area contributed by atoms with Crippen molar-refractivity contribution in [3.63, 3.8) is 0 Å². The van der Waals surface area contributed by atoms with Gasteiger partial charge in [0, 0.05) is 16.6 Å². The fourth-order valence-electron chi connectivity index (χ4n) is 3.57. The van der Waals surface area contributed by atoms with Crippen LogP contribution in [0.2, 0.25) is 10.0 Å². The number of nitrogens with zero attached hydrogens (tertiary/aromatic N) is 1. The summed E-state index contributed by atoms with van der Waals surface area (Å²) in [6, 6.07) is 9.19. The number of aromatic nitrogens is 1. The Morgan fingerprint density at radius 3 is 2.43 bits per heavy atom. The van der Waals surface area contributed by atoms with Gasteiger partial charge in [0.25, 0.3) is 5.91 Å². The standard InChI is InChI=1S/C21H19Cl2NO4/c1-3-4-14(21(27)28)19-11(2)24(18-8-6-13(25)10-15(18)19)20(26)12-5-7-16(22)17(23)9-12/h5-10,14,25H,3-4H2,1-2H3,(H,27,28)/t14-/m0/s1. The molecule has 0 aliphatic heterocycles. The summed E-state index contributed by atoms with van der Waals surface area (Å²) in [5, 5.41) is 20.9. The molecule has 0 aliphatic rings. The van der Waals surface area contributed by atoms with Crippen LogP contribution in [0.15, 0.2) is 36.4 Å². The predicted molar refractivity (Wildman–Crippen MR) is 110 cm³/mol. The SMILES string of the molecule is CCC[C@H](C(=O)O)c1c(C)n(C(=O)c2ccc(Cl)c(Cl)c2)c2ccc(O)cc12. The fourth-order valence-corrected chi connectivity index (χ4v) is 3.87. The van der Waals surface area contributed by atoms with Gasteiger partial charge in [-0.1, -0.05) is 36.5 Å². The summed E-state index contributed by atoms with van der Waals surface area (Å²) in [4.78, 5) is 25.2. The van der Waals surface area contributed by atoms with Crippen LogP contribution < -0.4 is 0 Å². The van der Waals surface area contributed by atoms with E-state index in [0.29, 0.717) is 45.6 Å². The molecule has 0 aliphatic carbocycles. The van der Waals surface area contributed by atoms with Crippen LogP contribution in [0.4, 0.5) is 0 Å². The van der Waals surface area contributed by atoms with E-state index in [0.717, 1.165) is 0 Å². The second kappa shape index (κ2) is 7.86. The van der Waals surface area contributed by atoms with Gasteiger partial charge in [-0.25, -0.2) is 0 Å². The van der Waals surface area contributed by atoms with Gasteiger partial charge in [0.05, 0.1) is 21.5 Å². The van der Waals surface area contributed by atoms with E-state index in [1.165, 1.54) is 22.8 Å². The van der Waals surface area contributed by atoms with Crippen LogP contribution in [0.5, 0.6) is 5.75 Å². The topological polar surface area (TPSA) is 79.5 Å². The molecule has 0 spiro atoms. The largest absolute Gasteiger partial charge is 0.508 e. The van der Waals surface area contributed by atoms with Crippen LogP contribution in [0, 0.1) is 6.92 Å². The molecule has 5 nitrogen and oxygen atoms in total. The molecule has 28 heavy (non-hydrogen) atoms. The molecule has 146 valence electrons. The summed E-state index contributed by atoms with van der Waals surface area (Å²) in [6.07, 6.45) is 1.09. The van der Waals surface area contributed by atoms with E-state index < -0.39 is 11.9 Å². The first kappa shape index (κ1) is 20.2. The van der Waals surface area contributed by atoms with Crippen LogP contribution in [0.3, 0.4) is 0 Å². The van der Waals surface area contributed by atoms with Crippen molar-refractivity contribution in [3.05, 3.63) is 63.3 Å². The van der Waals surface area contributed by atoms with E-state index in [2.05, 4.69) is 0 Å². The number of phenolic OH excluding ortho intramolecular Hbond substituents is 1. The minimum absolute atomic E-state index is 0.00789. The van der Waals surface area contributed by atoms with Gasteiger partial charge in [0.15, 0.2) is 0 Å². The minimum Gasteiger partial charge on any atom is -0.508 e. The number of rotatable bonds is 5. The van der Waals surface area contributed by atoms with E-state index in [1.54, 1.807) is 25.1 Å². The smallest absolute Gasteiger partial charge is 0.311 e. The summed E-state index contributed by atoms with van der Waals surface area (Å²) in [6.45, 7) is 3.62. The molecule has 1 aromatic heterocycles. The van der Waals surface area contributed by atoms with Crippen molar-refractivity contribution in [2.24, 2.45) is 0 Å². The number of phenols is 1. The van der Waals surface area contributed by atoms with E-state index in [4.69, 9.17) is 23.2 Å². The molecule has 0 saturated carbocycles. The van der Waals surface area contributed by atoms with Gasteiger partial charge in [-0.3, -0.25) is 14.2 Å². The Morgan fingerprint density at radius 2 is 1.82 bits per heavy atom. The monoisotopic (exact) mass is 419 g/mol.